The van der Waals surface area contributed by atoms with Crippen molar-refractivity contribution in [1.29, 1.82) is 0 Å². The number of carboxylic acids is 1. The van der Waals surface area contributed by atoms with Crippen LogP contribution in [0.1, 0.15) is 16.8 Å². The first-order valence-electron chi connectivity index (χ1n) is 8.23. The molecule has 2 aromatic carbocycles. The number of nitrogens with zero attached hydrogens (tertiary/aromatic N) is 2. The second-order valence-electron chi connectivity index (χ2n) is 5.99. The van der Waals surface area contributed by atoms with Gasteiger partial charge in [-0.1, -0.05) is 23.9 Å². The summed E-state index contributed by atoms with van der Waals surface area (Å²) in [7, 11) is 1.55. The monoisotopic (exact) mass is 400 g/mol. The lowest BCUT2D eigenvalue weighted by atomic mass is 10.2. The Morgan fingerprint density at radius 3 is 2.64 bits per heavy atom. The molecule has 1 aliphatic rings. The van der Waals surface area contributed by atoms with Gasteiger partial charge in [0, 0.05) is 19.2 Å². The molecule has 0 bridgehead atoms. The number of aromatic carboxylic acids is 1. The Morgan fingerprint density at radius 2 is 1.96 bits per heavy atom. The lowest BCUT2D eigenvalue weighted by Crippen LogP contribution is -2.43. The summed E-state index contributed by atoms with van der Waals surface area (Å²) in [5.74, 6) is -2.49. The van der Waals surface area contributed by atoms with Gasteiger partial charge < -0.3 is 15.2 Å². The minimum absolute atomic E-state index is 0.0321. The number of carboxylic acid groups (broad SMARTS) is 1. The van der Waals surface area contributed by atoms with E-state index in [0.717, 1.165) is 11.8 Å². The van der Waals surface area contributed by atoms with Crippen LogP contribution in [-0.4, -0.2) is 40.1 Å². The molecule has 28 heavy (non-hydrogen) atoms. The summed E-state index contributed by atoms with van der Waals surface area (Å²) < 4.78 is 13.0. The average molecular weight is 400 g/mol. The van der Waals surface area contributed by atoms with Crippen LogP contribution in [-0.2, 0) is 9.59 Å². The zero-order valence-electron chi connectivity index (χ0n) is 14.7. The van der Waals surface area contributed by atoms with Crippen LogP contribution in [0.5, 0.6) is 0 Å². The van der Waals surface area contributed by atoms with Crippen molar-refractivity contribution < 1.29 is 23.9 Å². The van der Waals surface area contributed by atoms with Gasteiger partial charge in [-0.05, 0) is 42.0 Å². The summed E-state index contributed by atoms with van der Waals surface area (Å²) in [5.41, 5.74) is 0.672. The van der Waals surface area contributed by atoms with Gasteiger partial charge in [-0.25, -0.2) is 9.38 Å². The molecule has 1 atom stereocenters. The van der Waals surface area contributed by atoms with Crippen LogP contribution in [0.2, 0.25) is 0 Å². The quantitative estimate of drug-likeness (QED) is 0.843. The van der Waals surface area contributed by atoms with Gasteiger partial charge in [0.05, 0.1) is 11.7 Å². The number of carbonyl (C=O) groups is 3. The predicted octanol–water partition coefficient (Wildman–Crippen LogP) is 1.78. The van der Waals surface area contributed by atoms with Gasteiger partial charge in [-0.2, -0.15) is 0 Å². The number of thioether (sulfide) groups is 1. The summed E-state index contributed by atoms with van der Waals surface area (Å²) in [6.07, 6.45) is -0.0321. The number of amides is 2. The van der Waals surface area contributed by atoms with Gasteiger partial charge >= 0.3 is 0 Å². The van der Waals surface area contributed by atoms with Crippen LogP contribution in [0.4, 0.5) is 15.8 Å². The van der Waals surface area contributed by atoms with E-state index in [9.17, 15) is 23.9 Å². The zero-order chi connectivity index (χ0) is 20.3. The highest BCUT2D eigenvalue weighted by Crippen LogP contribution is 2.29. The number of hydrogen-bond donors (Lipinski definition) is 1. The molecule has 0 aromatic heterocycles. The molecule has 1 N–H and O–H groups in total. The van der Waals surface area contributed by atoms with Crippen molar-refractivity contribution >= 4 is 46.1 Å². The van der Waals surface area contributed by atoms with Gasteiger partial charge in [0.1, 0.15) is 11.1 Å². The van der Waals surface area contributed by atoms with Crippen molar-refractivity contribution in [3.05, 3.63) is 59.9 Å². The van der Waals surface area contributed by atoms with Crippen molar-refractivity contribution in [3.63, 3.8) is 0 Å². The molecular weight excluding hydrogens is 385 g/mol. The predicted molar refractivity (Wildman–Crippen MR) is 102 cm³/mol. The summed E-state index contributed by atoms with van der Waals surface area (Å²) in [4.78, 5) is 41.4. The van der Waals surface area contributed by atoms with E-state index in [1.165, 1.54) is 47.4 Å². The molecule has 0 aliphatic carbocycles. The molecule has 0 spiro atoms. The van der Waals surface area contributed by atoms with Gasteiger partial charge in [-0.15, -0.1) is 0 Å². The number of rotatable bonds is 4. The summed E-state index contributed by atoms with van der Waals surface area (Å²) in [6.45, 7) is 0. The molecule has 144 valence electrons. The number of hydrogen-bond acceptors (Lipinski definition) is 6. The lowest BCUT2D eigenvalue weighted by Gasteiger charge is -2.28. The fraction of sp³-hybridized carbons (Fsp3) is 0.158. The normalized spacial score (nSPS) is 18.2. The maximum atomic E-state index is 13.0. The first-order valence-corrected chi connectivity index (χ1v) is 9.11. The Balaban J connectivity index is 1.77. The maximum absolute atomic E-state index is 13.0. The Hall–Kier alpha value is -3.20. The van der Waals surface area contributed by atoms with Crippen molar-refractivity contribution in [2.45, 2.75) is 11.7 Å². The maximum Gasteiger partial charge on any atom is 0.238 e. The highest BCUT2D eigenvalue weighted by Gasteiger charge is 2.34. The Bertz CT molecular complexity index is 962. The molecule has 0 saturated carbocycles. The Kier molecular flexibility index (Phi) is 5.74. The first-order chi connectivity index (χ1) is 13.3. The number of anilines is 1. The second kappa shape index (κ2) is 8.22. The highest BCUT2D eigenvalue weighted by atomic mass is 32.2. The van der Waals surface area contributed by atoms with Crippen molar-refractivity contribution in [2.75, 3.05) is 12.4 Å². The third-order valence-corrected chi connectivity index (χ3v) is 5.22. The van der Waals surface area contributed by atoms with E-state index < -0.39 is 22.9 Å². The molecule has 2 amide bonds. The van der Waals surface area contributed by atoms with Crippen LogP contribution in [0.15, 0.2) is 53.5 Å². The SMILES string of the molecule is CN1C(=O)C[C@H](C(=O)Nc2cccc(C(=O)[O-])c2)SC1=Nc1ccc(F)cc1. The molecule has 2 aromatic rings. The van der Waals surface area contributed by atoms with Gasteiger partial charge in [0.2, 0.25) is 11.8 Å². The van der Waals surface area contributed by atoms with E-state index in [-0.39, 0.29) is 23.6 Å². The molecule has 0 radical (unpaired) electrons. The molecule has 3 rings (SSSR count). The van der Waals surface area contributed by atoms with Gasteiger partial charge in [0.15, 0.2) is 5.17 Å². The van der Waals surface area contributed by atoms with Crippen LogP contribution in [0.3, 0.4) is 0 Å². The van der Waals surface area contributed by atoms with Gasteiger partial charge in [0.25, 0.3) is 0 Å². The number of benzene rings is 2. The lowest BCUT2D eigenvalue weighted by molar-refractivity contribution is -0.255. The van der Waals surface area contributed by atoms with Crippen LogP contribution >= 0.6 is 11.8 Å². The van der Waals surface area contributed by atoms with Gasteiger partial charge in [-0.3, -0.25) is 14.5 Å². The number of nitrogens with one attached hydrogen (secondary N) is 1. The number of halogens is 1. The van der Waals surface area contributed by atoms with Crippen molar-refractivity contribution in [1.82, 2.24) is 4.90 Å². The third-order valence-electron chi connectivity index (χ3n) is 3.98. The summed E-state index contributed by atoms with van der Waals surface area (Å²) in [6, 6.07) is 11.1. The van der Waals surface area contributed by atoms with E-state index in [4.69, 9.17) is 0 Å². The van der Waals surface area contributed by atoms with E-state index >= 15 is 0 Å². The van der Waals surface area contributed by atoms with E-state index in [0.29, 0.717) is 10.9 Å². The van der Waals surface area contributed by atoms with E-state index in [1.807, 2.05) is 0 Å². The second-order valence-corrected chi connectivity index (χ2v) is 7.16. The molecule has 7 nitrogen and oxygen atoms in total. The fourth-order valence-corrected chi connectivity index (χ4v) is 3.53. The molecular formula is C19H15FN3O4S-. The minimum atomic E-state index is -1.35. The number of amidine groups is 1. The molecule has 1 aliphatic heterocycles. The molecule has 0 unspecified atom stereocenters. The molecule has 9 heteroatoms. The van der Waals surface area contributed by atoms with E-state index in [2.05, 4.69) is 10.3 Å². The highest BCUT2D eigenvalue weighted by molar-refractivity contribution is 8.15. The Labute approximate surface area is 164 Å². The molecule has 1 saturated heterocycles. The first kappa shape index (κ1) is 19.6. The minimum Gasteiger partial charge on any atom is -0.545 e. The third kappa shape index (κ3) is 4.55. The Morgan fingerprint density at radius 1 is 1.25 bits per heavy atom. The fourth-order valence-electron chi connectivity index (χ4n) is 2.47. The van der Waals surface area contributed by atoms with E-state index in [1.54, 1.807) is 13.1 Å². The number of carbonyl (C=O) groups excluding carboxylic acids is 3. The summed E-state index contributed by atoms with van der Waals surface area (Å²) >= 11 is 1.10. The number of aliphatic imine (C=N–C) groups is 1. The largest absolute Gasteiger partial charge is 0.545 e. The smallest absolute Gasteiger partial charge is 0.238 e. The molecule has 1 heterocycles. The average Bonchev–Trinajstić information content (AvgIpc) is 2.67. The van der Waals surface area contributed by atoms with Crippen molar-refractivity contribution in [2.24, 2.45) is 4.99 Å². The van der Waals surface area contributed by atoms with Crippen LogP contribution < -0.4 is 10.4 Å². The topological polar surface area (TPSA) is 102 Å². The molecule has 1 fully saturated rings. The van der Waals surface area contributed by atoms with Crippen LogP contribution in [0.25, 0.3) is 0 Å². The standard InChI is InChI=1S/C19H16FN3O4S/c1-23-16(24)10-15(28-19(23)22-13-7-5-12(20)6-8-13)17(25)21-14-4-2-3-11(9-14)18(26)27/h2-9,15H,10H2,1H3,(H,21,25)(H,26,27)/p-1/t15-/m1/s1. The zero-order valence-corrected chi connectivity index (χ0v) is 15.5. The summed E-state index contributed by atoms with van der Waals surface area (Å²) in [5, 5.41) is 13.1. The van der Waals surface area contributed by atoms with Crippen LogP contribution in [0, 0.1) is 5.82 Å². The van der Waals surface area contributed by atoms with Crippen molar-refractivity contribution in [3.8, 4) is 0 Å².